The molecule has 1 atom stereocenters. The molecule has 31 heavy (non-hydrogen) atoms. The highest BCUT2D eigenvalue weighted by molar-refractivity contribution is 6.45. The van der Waals surface area contributed by atoms with Gasteiger partial charge in [-0.15, -0.1) is 0 Å². The molecule has 0 spiro atoms. The summed E-state index contributed by atoms with van der Waals surface area (Å²) in [5, 5.41) is 19.5. The average Bonchev–Trinajstić information content (AvgIpc) is 3.39. The number of aromatic amines is 1. The van der Waals surface area contributed by atoms with Gasteiger partial charge in [0.25, 0.3) is 0 Å². The van der Waals surface area contributed by atoms with Crippen LogP contribution in [0.1, 0.15) is 31.2 Å². The second kappa shape index (κ2) is 9.17. The van der Waals surface area contributed by atoms with Gasteiger partial charge in [0.1, 0.15) is 6.23 Å². The van der Waals surface area contributed by atoms with Gasteiger partial charge in [0.05, 0.1) is 34.8 Å². The molecule has 0 saturated carbocycles. The molecular weight excluding hydrogens is 445 g/mol. The Labute approximate surface area is 187 Å². The van der Waals surface area contributed by atoms with Crippen molar-refractivity contribution in [3.8, 4) is 11.1 Å². The number of ether oxygens (including phenoxy) is 1. The van der Waals surface area contributed by atoms with E-state index < -0.39 is 12.0 Å². The zero-order valence-corrected chi connectivity index (χ0v) is 18.0. The number of amides is 2. The van der Waals surface area contributed by atoms with Crippen molar-refractivity contribution in [3.63, 3.8) is 0 Å². The van der Waals surface area contributed by atoms with Crippen molar-refractivity contribution >= 4 is 46.1 Å². The molecule has 2 aromatic heterocycles. The molecule has 3 heterocycles. The summed E-state index contributed by atoms with van der Waals surface area (Å²) in [7, 11) is 0. The van der Waals surface area contributed by atoms with Gasteiger partial charge in [-0.3, -0.25) is 4.79 Å². The zero-order valence-electron chi connectivity index (χ0n) is 16.5. The van der Waals surface area contributed by atoms with Crippen molar-refractivity contribution in [1.29, 1.82) is 0 Å². The minimum Gasteiger partial charge on any atom is -0.465 e. The van der Waals surface area contributed by atoms with Crippen LogP contribution in [0.15, 0.2) is 24.5 Å². The first-order valence-electron chi connectivity index (χ1n) is 9.82. The molecule has 2 amide bonds. The van der Waals surface area contributed by atoms with Crippen molar-refractivity contribution in [2.45, 2.75) is 32.0 Å². The molecule has 1 fully saturated rings. The van der Waals surface area contributed by atoms with Gasteiger partial charge < -0.3 is 25.5 Å². The van der Waals surface area contributed by atoms with Crippen LogP contribution in [0, 0.1) is 0 Å². The molecule has 1 unspecified atom stereocenters. The summed E-state index contributed by atoms with van der Waals surface area (Å²) in [5.41, 5.74) is 3.03. The molecule has 1 saturated heterocycles. The molecule has 0 bridgehead atoms. The quantitative estimate of drug-likeness (QED) is 0.439. The molecule has 11 heteroatoms. The fourth-order valence-electron chi connectivity index (χ4n) is 3.68. The van der Waals surface area contributed by atoms with Gasteiger partial charge in [-0.05, 0) is 25.3 Å². The van der Waals surface area contributed by atoms with Crippen LogP contribution in [0.2, 0.25) is 10.0 Å². The summed E-state index contributed by atoms with van der Waals surface area (Å²) in [5.74, 6) is -0.456. The van der Waals surface area contributed by atoms with E-state index >= 15 is 0 Å². The monoisotopic (exact) mass is 465 g/mol. The highest BCUT2D eigenvalue weighted by Gasteiger charge is 2.21. The normalized spacial score (nSPS) is 16.4. The maximum absolute atomic E-state index is 12.0. The average molecular weight is 466 g/mol. The Kier molecular flexibility index (Phi) is 6.35. The smallest absolute Gasteiger partial charge is 0.405 e. The Morgan fingerprint density at radius 3 is 2.87 bits per heavy atom. The lowest BCUT2D eigenvalue weighted by Crippen LogP contribution is -2.35. The van der Waals surface area contributed by atoms with E-state index in [0.29, 0.717) is 27.9 Å². The summed E-state index contributed by atoms with van der Waals surface area (Å²) in [6, 6.07) is 3.58. The van der Waals surface area contributed by atoms with E-state index in [2.05, 4.69) is 15.4 Å². The number of carbonyl (C=O) groups excluding carboxylic acids is 1. The second-order valence-corrected chi connectivity index (χ2v) is 8.01. The lowest BCUT2D eigenvalue weighted by molar-refractivity contribution is -0.120. The van der Waals surface area contributed by atoms with Gasteiger partial charge in [0.15, 0.2) is 0 Å². The molecule has 9 nitrogen and oxygen atoms in total. The Hall–Kier alpha value is -2.75. The van der Waals surface area contributed by atoms with Crippen LogP contribution in [0.4, 0.5) is 4.79 Å². The number of nitrogens with zero attached hydrogens (tertiary/aromatic N) is 2. The molecule has 164 valence electrons. The van der Waals surface area contributed by atoms with Gasteiger partial charge in [-0.2, -0.15) is 5.10 Å². The number of benzene rings is 1. The van der Waals surface area contributed by atoms with Crippen LogP contribution in [-0.4, -0.2) is 45.0 Å². The number of aromatic nitrogens is 3. The summed E-state index contributed by atoms with van der Waals surface area (Å²) in [4.78, 5) is 25.8. The van der Waals surface area contributed by atoms with Gasteiger partial charge in [0, 0.05) is 35.0 Å². The topological polar surface area (TPSA) is 121 Å². The van der Waals surface area contributed by atoms with E-state index in [1.54, 1.807) is 12.3 Å². The van der Waals surface area contributed by atoms with Crippen LogP contribution in [-0.2, 0) is 16.1 Å². The lowest BCUT2D eigenvalue weighted by Gasteiger charge is -2.22. The molecule has 1 aliphatic rings. The number of carboxylic acid groups (broad SMARTS) is 1. The van der Waals surface area contributed by atoms with E-state index in [9.17, 15) is 9.59 Å². The van der Waals surface area contributed by atoms with Crippen LogP contribution >= 0.6 is 23.2 Å². The van der Waals surface area contributed by atoms with E-state index in [1.807, 2.05) is 22.3 Å². The number of rotatable bonds is 6. The summed E-state index contributed by atoms with van der Waals surface area (Å²) < 4.78 is 7.62. The van der Waals surface area contributed by atoms with Crippen molar-refractivity contribution in [3.05, 3.63) is 40.3 Å². The predicted molar refractivity (Wildman–Crippen MR) is 116 cm³/mol. The molecule has 1 aliphatic heterocycles. The molecule has 0 radical (unpaired) electrons. The van der Waals surface area contributed by atoms with Crippen molar-refractivity contribution in [1.82, 2.24) is 25.4 Å². The van der Waals surface area contributed by atoms with Crippen LogP contribution in [0.25, 0.3) is 22.0 Å². The van der Waals surface area contributed by atoms with Crippen molar-refractivity contribution in [2.24, 2.45) is 0 Å². The number of nitrogens with one attached hydrogen (secondary N) is 3. The molecular formula is C20H21Cl2N5O4. The Morgan fingerprint density at radius 1 is 1.29 bits per heavy atom. The Bertz CT molecular complexity index is 1120. The van der Waals surface area contributed by atoms with Crippen molar-refractivity contribution in [2.75, 3.05) is 13.2 Å². The number of fused-ring (bicyclic) bond motifs is 1. The number of halogens is 2. The number of carbonyl (C=O) groups is 2. The van der Waals surface area contributed by atoms with E-state index in [1.165, 1.54) is 0 Å². The molecule has 4 rings (SSSR count). The highest BCUT2D eigenvalue weighted by Crippen LogP contribution is 2.38. The van der Waals surface area contributed by atoms with E-state index in [-0.39, 0.29) is 19.3 Å². The number of H-pyrrole nitrogens is 1. The summed E-state index contributed by atoms with van der Waals surface area (Å²) in [6.07, 6.45) is 5.33. The van der Waals surface area contributed by atoms with Gasteiger partial charge >= 0.3 is 6.09 Å². The van der Waals surface area contributed by atoms with Crippen molar-refractivity contribution < 1.29 is 19.4 Å². The minimum atomic E-state index is -1.26. The van der Waals surface area contributed by atoms with Gasteiger partial charge in [-0.25, -0.2) is 9.48 Å². The lowest BCUT2D eigenvalue weighted by atomic mass is 10.0. The fraction of sp³-hybridized carbons (Fsp3) is 0.350. The van der Waals surface area contributed by atoms with Gasteiger partial charge in [-0.1, -0.05) is 29.3 Å². The predicted octanol–water partition coefficient (Wildman–Crippen LogP) is 3.92. The minimum absolute atomic E-state index is 0.101. The molecule has 0 aliphatic carbocycles. The van der Waals surface area contributed by atoms with E-state index in [4.69, 9.17) is 33.0 Å². The standard InChI is InChI=1S/C20H21Cl2N5O4/c21-13-5-4-12-17(11-7-25-27(10-11)16-3-1-2-6-31-16)14(26-19(12)18(13)22)8-23-15(28)9-24-20(29)30/h4-5,7,10,16,24,26H,1-3,6,8-9H2,(H,23,28)(H,29,30). The third-order valence-corrected chi connectivity index (χ3v) is 5.95. The summed E-state index contributed by atoms with van der Waals surface area (Å²) in [6.45, 7) is 0.514. The maximum atomic E-state index is 12.0. The number of hydrogen-bond acceptors (Lipinski definition) is 4. The largest absolute Gasteiger partial charge is 0.465 e. The van der Waals surface area contributed by atoms with Crippen LogP contribution in [0.5, 0.6) is 0 Å². The first kappa shape index (κ1) is 21.5. The Balaban J connectivity index is 1.67. The maximum Gasteiger partial charge on any atom is 0.405 e. The first-order valence-corrected chi connectivity index (χ1v) is 10.6. The second-order valence-electron chi connectivity index (χ2n) is 7.23. The molecule has 1 aromatic carbocycles. The highest BCUT2D eigenvalue weighted by atomic mass is 35.5. The first-order chi connectivity index (χ1) is 14.9. The fourth-order valence-corrected chi connectivity index (χ4v) is 4.05. The third kappa shape index (κ3) is 4.63. The third-order valence-electron chi connectivity index (χ3n) is 5.15. The van der Waals surface area contributed by atoms with Crippen LogP contribution in [0.3, 0.4) is 0 Å². The zero-order chi connectivity index (χ0) is 22.0. The van der Waals surface area contributed by atoms with Gasteiger partial charge in [0.2, 0.25) is 5.91 Å². The van der Waals surface area contributed by atoms with Crippen LogP contribution < -0.4 is 10.6 Å². The summed E-state index contributed by atoms with van der Waals surface area (Å²) >= 11 is 12.6. The van der Waals surface area contributed by atoms with E-state index in [0.717, 1.165) is 35.8 Å². The SMILES string of the molecule is O=C(O)NCC(=O)NCc1[nH]c2c(Cl)c(Cl)ccc2c1-c1cnn(C2CCCCO2)c1. The molecule has 4 N–H and O–H groups in total. The Morgan fingerprint density at radius 2 is 2.13 bits per heavy atom. The number of hydrogen-bond donors (Lipinski definition) is 4. The molecule has 3 aromatic rings.